The normalized spacial score (nSPS) is 16.9. The molecular formula is C14H17N3O. The van der Waals surface area contributed by atoms with Gasteiger partial charge in [-0.05, 0) is 23.8 Å². The van der Waals surface area contributed by atoms with Gasteiger partial charge in [-0.15, -0.1) is 0 Å². The Hall–Kier alpha value is -1.65. The lowest BCUT2D eigenvalue weighted by atomic mass is 10.1. The minimum Gasteiger partial charge on any atom is -0.384 e. The van der Waals surface area contributed by atoms with Crippen molar-refractivity contribution in [2.24, 2.45) is 0 Å². The molecule has 0 amide bonds. The van der Waals surface area contributed by atoms with Gasteiger partial charge in [-0.1, -0.05) is 12.1 Å². The van der Waals surface area contributed by atoms with Crippen LogP contribution >= 0.6 is 0 Å². The molecule has 0 radical (unpaired) electrons. The summed E-state index contributed by atoms with van der Waals surface area (Å²) in [7, 11) is 1.77. The van der Waals surface area contributed by atoms with Crippen molar-refractivity contribution >= 4 is 16.7 Å². The van der Waals surface area contributed by atoms with Crippen LogP contribution in [0, 0.1) is 0 Å². The standard InChI is InChI=1S/C14H17N3O/c1-18-11-8-17(9-11)7-10-3-2-4-13-12(10)5-6-14(15)16-13/h2-6,11H,7-9H2,1H3,(H2,15,16). The van der Waals surface area contributed by atoms with Gasteiger partial charge in [0.1, 0.15) is 5.82 Å². The Balaban J connectivity index is 1.84. The third kappa shape index (κ3) is 2.05. The third-order valence-electron chi connectivity index (χ3n) is 3.49. The van der Waals surface area contributed by atoms with Crippen LogP contribution in [0.15, 0.2) is 30.3 Å². The Morgan fingerprint density at radius 1 is 1.33 bits per heavy atom. The predicted octanol–water partition coefficient (Wildman–Crippen LogP) is 1.65. The molecule has 0 aliphatic carbocycles. The average molecular weight is 243 g/mol. The van der Waals surface area contributed by atoms with Gasteiger partial charge in [0.25, 0.3) is 0 Å². The molecular weight excluding hydrogens is 226 g/mol. The number of benzene rings is 1. The second-order valence-corrected chi connectivity index (χ2v) is 4.77. The third-order valence-corrected chi connectivity index (χ3v) is 3.49. The van der Waals surface area contributed by atoms with E-state index in [0.29, 0.717) is 11.9 Å². The molecule has 0 atom stereocenters. The zero-order valence-corrected chi connectivity index (χ0v) is 10.5. The molecule has 0 bridgehead atoms. The Kier molecular flexibility index (Phi) is 2.89. The van der Waals surface area contributed by atoms with Gasteiger partial charge in [0.2, 0.25) is 0 Å². The van der Waals surface area contributed by atoms with Crippen LogP contribution in [0.1, 0.15) is 5.56 Å². The highest BCUT2D eigenvalue weighted by Gasteiger charge is 2.26. The molecule has 0 unspecified atom stereocenters. The lowest BCUT2D eigenvalue weighted by Crippen LogP contribution is -2.50. The van der Waals surface area contributed by atoms with Gasteiger partial charge in [0.05, 0.1) is 11.6 Å². The Bertz CT molecular complexity index is 564. The van der Waals surface area contributed by atoms with Crippen LogP contribution in [0.4, 0.5) is 5.82 Å². The fraction of sp³-hybridized carbons (Fsp3) is 0.357. The molecule has 2 heterocycles. The van der Waals surface area contributed by atoms with Crippen molar-refractivity contribution in [2.75, 3.05) is 25.9 Å². The molecule has 1 fully saturated rings. The van der Waals surface area contributed by atoms with Gasteiger partial charge in [0.15, 0.2) is 0 Å². The van der Waals surface area contributed by atoms with E-state index in [1.807, 2.05) is 18.2 Å². The summed E-state index contributed by atoms with van der Waals surface area (Å²) in [6, 6.07) is 10.1. The summed E-state index contributed by atoms with van der Waals surface area (Å²) in [5.41, 5.74) is 7.98. The first kappa shape index (κ1) is 11.4. The predicted molar refractivity (Wildman–Crippen MR) is 72.2 cm³/mol. The van der Waals surface area contributed by atoms with E-state index in [4.69, 9.17) is 10.5 Å². The molecule has 2 aromatic rings. The van der Waals surface area contributed by atoms with E-state index in [1.165, 1.54) is 10.9 Å². The fourth-order valence-electron chi connectivity index (χ4n) is 2.41. The topological polar surface area (TPSA) is 51.4 Å². The zero-order valence-electron chi connectivity index (χ0n) is 10.5. The quantitative estimate of drug-likeness (QED) is 0.890. The molecule has 1 aromatic carbocycles. The number of hydrogen-bond donors (Lipinski definition) is 1. The Labute approximate surface area is 106 Å². The molecule has 2 N–H and O–H groups in total. The van der Waals surface area contributed by atoms with E-state index >= 15 is 0 Å². The second-order valence-electron chi connectivity index (χ2n) is 4.77. The number of ether oxygens (including phenoxy) is 1. The summed E-state index contributed by atoms with van der Waals surface area (Å²) < 4.78 is 5.29. The minimum atomic E-state index is 0.397. The van der Waals surface area contributed by atoms with Crippen molar-refractivity contribution in [3.8, 4) is 0 Å². The number of methoxy groups -OCH3 is 1. The van der Waals surface area contributed by atoms with Gasteiger partial charge in [-0.2, -0.15) is 0 Å². The van der Waals surface area contributed by atoms with Crippen molar-refractivity contribution in [2.45, 2.75) is 12.6 Å². The van der Waals surface area contributed by atoms with Crippen LogP contribution in [0.5, 0.6) is 0 Å². The van der Waals surface area contributed by atoms with E-state index in [0.717, 1.165) is 25.2 Å². The summed E-state index contributed by atoms with van der Waals surface area (Å²) in [5, 5.41) is 1.19. The number of rotatable bonds is 3. The SMILES string of the molecule is COC1CN(Cc2cccc3nc(N)ccc23)C1. The number of hydrogen-bond acceptors (Lipinski definition) is 4. The van der Waals surface area contributed by atoms with Crippen LogP contribution in [0.25, 0.3) is 10.9 Å². The molecule has 18 heavy (non-hydrogen) atoms. The zero-order chi connectivity index (χ0) is 12.5. The highest BCUT2D eigenvalue weighted by Crippen LogP contribution is 2.22. The molecule has 4 heteroatoms. The highest BCUT2D eigenvalue weighted by molar-refractivity contribution is 5.83. The lowest BCUT2D eigenvalue weighted by molar-refractivity contribution is -0.0332. The number of likely N-dealkylation sites (tertiary alicyclic amines) is 1. The molecule has 1 aliphatic rings. The maximum atomic E-state index is 5.71. The Morgan fingerprint density at radius 3 is 2.94 bits per heavy atom. The monoisotopic (exact) mass is 243 g/mol. The van der Waals surface area contributed by atoms with Gasteiger partial charge >= 0.3 is 0 Å². The van der Waals surface area contributed by atoms with E-state index in [1.54, 1.807) is 7.11 Å². The summed E-state index contributed by atoms with van der Waals surface area (Å²) in [6.45, 7) is 2.97. The number of fused-ring (bicyclic) bond motifs is 1. The maximum absolute atomic E-state index is 5.71. The van der Waals surface area contributed by atoms with Crippen molar-refractivity contribution in [1.29, 1.82) is 0 Å². The first-order valence-electron chi connectivity index (χ1n) is 6.15. The Morgan fingerprint density at radius 2 is 2.17 bits per heavy atom. The van der Waals surface area contributed by atoms with Crippen LogP contribution in [0.3, 0.4) is 0 Å². The van der Waals surface area contributed by atoms with Gasteiger partial charge in [0, 0.05) is 32.1 Å². The first-order valence-corrected chi connectivity index (χ1v) is 6.15. The molecule has 1 saturated heterocycles. The van der Waals surface area contributed by atoms with Crippen molar-refractivity contribution in [1.82, 2.24) is 9.88 Å². The molecule has 0 saturated carbocycles. The van der Waals surface area contributed by atoms with E-state index in [9.17, 15) is 0 Å². The second kappa shape index (κ2) is 4.55. The minimum absolute atomic E-state index is 0.397. The molecule has 4 nitrogen and oxygen atoms in total. The summed E-state index contributed by atoms with van der Waals surface area (Å²) in [5.74, 6) is 0.572. The van der Waals surface area contributed by atoms with Crippen LogP contribution in [0.2, 0.25) is 0 Å². The number of aromatic nitrogens is 1. The van der Waals surface area contributed by atoms with Crippen molar-refractivity contribution < 1.29 is 4.74 Å². The van der Waals surface area contributed by atoms with Crippen molar-refractivity contribution in [3.63, 3.8) is 0 Å². The van der Waals surface area contributed by atoms with E-state index in [-0.39, 0.29) is 0 Å². The lowest BCUT2D eigenvalue weighted by Gasteiger charge is -2.38. The average Bonchev–Trinajstić information content (AvgIpc) is 2.32. The van der Waals surface area contributed by atoms with Gasteiger partial charge in [-0.25, -0.2) is 4.98 Å². The summed E-state index contributed by atoms with van der Waals surface area (Å²) >= 11 is 0. The number of nitrogen functional groups attached to an aromatic ring is 1. The largest absolute Gasteiger partial charge is 0.384 e. The molecule has 1 aliphatic heterocycles. The van der Waals surface area contributed by atoms with Gasteiger partial charge < -0.3 is 10.5 Å². The molecule has 1 aromatic heterocycles. The molecule has 0 spiro atoms. The first-order chi connectivity index (χ1) is 8.76. The maximum Gasteiger partial charge on any atom is 0.124 e. The smallest absolute Gasteiger partial charge is 0.124 e. The summed E-state index contributed by atoms with van der Waals surface area (Å²) in [6.07, 6.45) is 0.397. The number of nitrogens with zero attached hydrogens (tertiary/aromatic N) is 2. The number of nitrogens with two attached hydrogens (primary N) is 1. The van der Waals surface area contributed by atoms with Crippen LogP contribution < -0.4 is 5.73 Å². The van der Waals surface area contributed by atoms with Crippen LogP contribution in [-0.4, -0.2) is 36.2 Å². The van der Waals surface area contributed by atoms with E-state index in [2.05, 4.69) is 22.0 Å². The van der Waals surface area contributed by atoms with Crippen LogP contribution in [-0.2, 0) is 11.3 Å². The van der Waals surface area contributed by atoms with Gasteiger partial charge in [-0.3, -0.25) is 4.90 Å². The summed E-state index contributed by atoms with van der Waals surface area (Å²) in [4.78, 5) is 6.73. The highest BCUT2D eigenvalue weighted by atomic mass is 16.5. The molecule has 3 rings (SSSR count). The molecule has 94 valence electrons. The van der Waals surface area contributed by atoms with E-state index < -0.39 is 0 Å². The van der Waals surface area contributed by atoms with Crippen molar-refractivity contribution in [3.05, 3.63) is 35.9 Å². The fourth-order valence-corrected chi connectivity index (χ4v) is 2.41. The number of anilines is 1. The number of pyridine rings is 1.